The van der Waals surface area contributed by atoms with Crippen molar-refractivity contribution >= 4 is 11.5 Å². The van der Waals surface area contributed by atoms with E-state index in [1.165, 1.54) is 31.4 Å². The van der Waals surface area contributed by atoms with Gasteiger partial charge in [-0.3, -0.25) is 10.1 Å². The highest BCUT2D eigenvalue weighted by Gasteiger charge is 2.24. The van der Waals surface area contributed by atoms with Gasteiger partial charge in [0, 0.05) is 36.9 Å². The summed E-state index contributed by atoms with van der Waals surface area (Å²) in [6.45, 7) is 1.09. The number of nitro groups is 1. The van der Waals surface area contributed by atoms with Gasteiger partial charge < -0.3 is 9.64 Å². The van der Waals surface area contributed by atoms with E-state index in [1.54, 1.807) is 6.08 Å². The number of benzene rings is 1. The molecule has 6 nitrogen and oxygen atoms in total. The molecular weight excluding hydrogens is 368 g/mol. The summed E-state index contributed by atoms with van der Waals surface area (Å²) in [5.74, 6) is 4.80. The van der Waals surface area contributed by atoms with Crippen molar-refractivity contribution in [1.29, 1.82) is 0 Å². The van der Waals surface area contributed by atoms with E-state index in [0.29, 0.717) is 31.8 Å². The number of ether oxygens (including phenoxy) is 1. The molecule has 0 spiro atoms. The van der Waals surface area contributed by atoms with Crippen LogP contribution in [-0.2, 0) is 0 Å². The van der Waals surface area contributed by atoms with Crippen molar-refractivity contribution in [2.75, 3.05) is 25.1 Å². The Hall–Kier alpha value is -3.47. The number of pyridine rings is 1. The Kier molecular flexibility index (Phi) is 5.84. The molecule has 1 aromatic carbocycles. The molecule has 1 fully saturated rings. The average molecular weight is 385 g/mol. The monoisotopic (exact) mass is 385 g/mol. The second-order valence-electron chi connectivity index (χ2n) is 6.17. The molecule has 144 valence electrons. The predicted octanol–water partition coefficient (Wildman–Crippen LogP) is 3.85. The van der Waals surface area contributed by atoms with Crippen LogP contribution in [0.15, 0.2) is 42.0 Å². The summed E-state index contributed by atoms with van der Waals surface area (Å²) in [6.07, 6.45) is 3.04. The first-order valence-electron chi connectivity index (χ1n) is 8.56. The first-order valence-corrected chi connectivity index (χ1v) is 8.56. The Morgan fingerprint density at radius 1 is 1.21 bits per heavy atom. The Morgan fingerprint density at radius 3 is 2.50 bits per heavy atom. The van der Waals surface area contributed by atoms with E-state index in [1.807, 2.05) is 4.90 Å². The van der Waals surface area contributed by atoms with E-state index in [2.05, 4.69) is 16.8 Å². The zero-order valence-electron chi connectivity index (χ0n) is 15.1. The minimum Gasteiger partial charge on any atom is -0.481 e. The average Bonchev–Trinajstić information content (AvgIpc) is 2.67. The summed E-state index contributed by atoms with van der Waals surface area (Å²) in [5, 5.41) is 11.3. The molecule has 1 aliphatic rings. The zero-order valence-corrected chi connectivity index (χ0v) is 15.1. The second kappa shape index (κ2) is 8.48. The minimum absolute atomic E-state index is 0.0684. The summed E-state index contributed by atoms with van der Waals surface area (Å²) in [5.41, 5.74) is 1.26. The number of methoxy groups -OCH3 is 1. The molecule has 2 heterocycles. The maximum Gasteiger partial charge on any atom is 0.311 e. The maximum absolute atomic E-state index is 13.2. The molecule has 0 N–H and O–H groups in total. The first-order chi connectivity index (χ1) is 13.5. The van der Waals surface area contributed by atoms with Crippen LogP contribution in [0.3, 0.4) is 0 Å². The van der Waals surface area contributed by atoms with Crippen LogP contribution in [0, 0.1) is 33.6 Å². The summed E-state index contributed by atoms with van der Waals surface area (Å²) < 4.78 is 31.4. The van der Waals surface area contributed by atoms with Gasteiger partial charge in [-0.2, -0.15) is 4.98 Å². The van der Waals surface area contributed by atoms with Crippen molar-refractivity contribution in [2.24, 2.45) is 0 Å². The van der Waals surface area contributed by atoms with Crippen molar-refractivity contribution in [2.45, 2.75) is 12.8 Å². The topological polar surface area (TPSA) is 68.5 Å². The first kappa shape index (κ1) is 19.3. The number of rotatable bonds is 3. The SMILES string of the molecule is COc1ccc([N+](=O)[O-])c(N2CCC(=CC#Cc3cc(F)cc(F)c3)CC2)n1. The lowest BCUT2D eigenvalue weighted by Crippen LogP contribution is -2.31. The van der Waals surface area contributed by atoms with E-state index in [-0.39, 0.29) is 17.1 Å². The van der Waals surface area contributed by atoms with Crippen molar-refractivity contribution in [3.63, 3.8) is 0 Å². The van der Waals surface area contributed by atoms with Gasteiger partial charge in [-0.25, -0.2) is 8.78 Å². The number of halogens is 2. The Balaban J connectivity index is 1.71. The zero-order chi connectivity index (χ0) is 20.1. The van der Waals surface area contributed by atoms with Gasteiger partial charge in [0.05, 0.1) is 12.0 Å². The van der Waals surface area contributed by atoms with E-state index in [4.69, 9.17) is 4.74 Å². The highest BCUT2D eigenvalue weighted by atomic mass is 19.1. The summed E-state index contributed by atoms with van der Waals surface area (Å²) in [7, 11) is 1.46. The van der Waals surface area contributed by atoms with Gasteiger partial charge in [-0.15, -0.1) is 0 Å². The van der Waals surface area contributed by atoms with Crippen molar-refractivity contribution in [3.05, 3.63) is 69.3 Å². The van der Waals surface area contributed by atoms with E-state index >= 15 is 0 Å². The third kappa shape index (κ3) is 4.62. The molecule has 1 saturated heterocycles. The van der Waals surface area contributed by atoms with E-state index < -0.39 is 16.6 Å². The van der Waals surface area contributed by atoms with Gasteiger partial charge in [0.2, 0.25) is 11.7 Å². The number of hydrogen-bond acceptors (Lipinski definition) is 5. The third-order valence-corrected chi connectivity index (χ3v) is 4.30. The molecule has 0 atom stereocenters. The number of aromatic nitrogens is 1. The number of piperidine rings is 1. The van der Waals surface area contributed by atoms with Crippen LogP contribution in [0.2, 0.25) is 0 Å². The maximum atomic E-state index is 13.2. The predicted molar refractivity (Wildman–Crippen MR) is 100 cm³/mol. The molecule has 0 bridgehead atoms. The van der Waals surface area contributed by atoms with E-state index in [9.17, 15) is 18.9 Å². The third-order valence-electron chi connectivity index (χ3n) is 4.30. The lowest BCUT2D eigenvalue weighted by atomic mass is 10.0. The second-order valence-corrected chi connectivity index (χ2v) is 6.17. The van der Waals surface area contributed by atoms with Gasteiger partial charge >= 0.3 is 5.69 Å². The summed E-state index contributed by atoms with van der Waals surface area (Å²) >= 11 is 0. The standard InChI is InChI=1S/C20H17F2N3O3/c1-28-19-6-5-18(25(26)27)20(23-19)24-9-7-14(8-10-24)3-2-4-15-11-16(21)13-17(22)12-15/h3,5-6,11-13H,7-10H2,1H3. The fourth-order valence-corrected chi connectivity index (χ4v) is 2.91. The Labute approximate surface area is 160 Å². The lowest BCUT2D eigenvalue weighted by Gasteiger charge is -2.28. The molecule has 8 heteroatoms. The van der Waals surface area contributed by atoms with Gasteiger partial charge in [-0.1, -0.05) is 17.4 Å². The Morgan fingerprint density at radius 2 is 1.89 bits per heavy atom. The highest BCUT2D eigenvalue weighted by Crippen LogP contribution is 2.31. The highest BCUT2D eigenvalue weighted by molar-refractivity contribution is 5.59. The quantitative estimate of drug-likeness (QED) is 0.456. The number of allylic oxidation sites excluding steroid dienone is 1. The molecule has 0 amide bonds. The van der Waals surface area contributed by atoms with Crippen molar-refractivity contribution < 1.29 is 18.4 Å². The fraction of sp³-hybridized carbons (Fsp3) is 0.250. The van der Waals surface area contributed by atoms with Crippen LogP contribution in [-0.4, -0.2) is 30.1 Å². The van der Waals surface area contributed by atoms with Gasteiger partial charge in [0.1, 0.15) is 11.6 Å². The number of hydrogen-bond donors (Lipinski definition) is 0. The normalized spacial score (nSPS) is 13.5. The Bertz CT molecular complexity index is 966. The van der Waals surface area contributed by atoms with Crippen LogP contribution in [0.25, 0.3) is 0 Å². The lowest BCUT2D eigenvalue weighted by molar-refractivity contribution is -0.384. The molecular formula is C20H17F2N3O3. The van der Waals surface area contributed by atoms with Crippen LogP contribution >= 0.6 is 0 Å². The molecule has 3 rings (SSSR count). The fourth-order valence-electron chi connectivity index (χ4n) is 2.91. The number of nitrogens with zero attached hydrogens (tertiary/aromatic N) is 3. The smallest absolute Gasteiger partial charge is 0.311 e. The van der Waals surface area contributed by atoms with Gasteiger partial charge in [-0.05, 0) is 31.1 Å². The van der Waals surface area contributed by atoms with Crippen LogP contribution in [0.1, 0.15) is 18.4 Å². The minimum atomic E-state index is -0.669. The molecule has 1 aromatic heterocycles. The van der Waals surface area contributed by atoms with E-state index in [0.717, 1.165) is 11.6 Å². The molecule has 0 radical (unpaired) electrons. The molecule has 28 heavy (non-hydrogen) atoms. The van der Waals surface area contributed by atoms with Gasteiger partial charge in [0.15, 0.2) is 0 Å². The molecule has 1 aliphatic heterocycles. The van der Waals surface area contributed by atoms with Gasteiger partial charge in [0.25, 0.3) is 0 Å². The molecule has 2 aromatic rings. The molecule has 0 aliphatic carbocycles. The van der Waals surface area contributed by atoms with Crippen LogP contribution in [0.4, 0.5) is 20.3 Å². The summed E-state index contributed by atoms with van der Waals surface area (Å²) in [6, 6.07) is 5.98. The summed E-state index contributed by atoms with van der Waals surface area (Å²) in [4.78, 5) is 16.9. The van der Waals surface area contributed by atoms with Crippen molar-refractivity contribution in [1.82, 2.24) is 4.98 Å². The number of anilines is 1. The van der Waals surface area contributed by atoms with Crippen molar-refractivity contribution in [3.8, 4) is 17.7 Å². The molecule has 0 saturated carbocycles. The van der Waals surface area contributed by atoms with Crippen LogP contribution in [0.5, 0.6) is 5.88 Å². The largest absolute Gasteiger partial charge is 0.481 e. The van der Waals surface area contributed by atoms with Crippen LogP contribution < -0.4 is 9.64 Å². The molecule has 0 unspecified atom stereocenters.